The Kier molecular flexibility index (Phi) is 8.47. The number of aliphatic carboxylic acids is 1. The zero-order valence-electron chi connectivity index (χ0n) is 18.9. The first-order valence-corrected chi connectivity index (χ1v) is 11.5. The summed E-state index contributed by atoms with van der Waals surface area (Å²) in [7, 11) is 0. The number of nitrogens with two attached hydrogens (primary N) is 1. The Morgan fingerprint density at radius 1 is 1.14 bits per heavy atom. The summed E-state index contributed by atoms with van der Waals surface area (Å²) in [6.07, 6.45) is -4.03. The maximum absolute atomic E-state index is 12.7. The Morgan fingerprint density at radius 2 is 1.74 bits per heavy atom. The van der Waals surface area contributed by atoms with E-state index in [0.29, 0.717) is 22.8 Å². The van der Waals surface area contributed by atoms with Gasteiger partial charge in [-0.05, 0) is 36.0 Å². The lowest BCUT2D eigenvalue weighted by molar-refractivity contribution is -0.192. The first kappa shape index (κ1) is 26.2. The van der Waals surface area contributed by atoms with Crippen LogP contribution in [0.4, 0.5) is 18.9 Å². The van der Waals surface area contributed by atoms with Gasteiger partial charge in [0.2, 0.25) is 0 Å². The number of anilines is 1. The highest BCUT2D eigenvalue weighted by molar-refractivity contribution is 7.09. The molecule has 4 N–H and O–H groups in total. The van der Waals surface area contributed by atoms with Crippen LogP contribution in [0.3, 0.4) is 0 Å². The van der Waals surface area contributed by atoms with Crippen molar-refractivity contribution in [2.24, 2.45) is 0 Å². The highest BCUT2D eigenvalue weighted by Gasteiger charge is 2.38. The summed E-state index contributed by atoms with van der Waals surface area (Å²) in [6, 6.07) is 18.5. The molecule has 0 aliphatic carbocycles. The molecule has 0 saturated carbocycles. The van der Waals surface area contributed by atoms with Crippen LogP contribution in [-0.2, 0) is 17.8 Å². The van der Waals surface area contributed by atoms with Crippen LogP contribution >= 0.6 is 11.5 Å². The molecule has 35 heavy (non-hydrogen) atoms. The number of amides is 1. The molecule has 0 fully saturated rings. The minimum Gasteiger partial charge on any atom is -0.475 e. The fraction of sp³-hybridized carbons (Fsp3) is 0.292. The van der Waals surface area contributed by atoms with Gasteiger partial charge in [-0.3, -0.25) is 9.69 Å². The number of fused-ring (bicyclic) bond motifs is 1. The maximum Gasteiger partial charge on any atom is 0.490 e. The van der Waals surface area contributed by atoms with Crippen LogP contribution < -0.4 is 11.1 Å². The summed E-state index contributed by atoms with van der Waals surface area (Å²) in [4.78, 5) is 24.4. The van der Waals surface area contributed by atoms with Gasteiger partial charge in [0.1, 0.15) is 10.6 Å². The molecule has 11 heteroatoms. The van der Waals surface area contributed by atoms with Gasteiger partial charge in [-0.2, -0.15) is 17.5 Å². The number of aromatic nitrogens is 1. The number of carbonyl (C=O) groups excluding carboxylic acids is 1. The van der Waals surface area contributed by atoms with E-state index in [4.69, 9.17) is 15.6 Å². The fourth-order valence-electron chi connectivity index (χ4n) is 3.61. The third-order valence-corrected chi connectivity index (χ3v) is 6.43. The smallest absolute Gasteiger partial charge is 0.475 e. The molecule has 2 heterocycles. The molecule has 186 valence electrons. The van der Waals surface area contributed by atoms with E-state index in [-0.39, 0.29) is 11.9 Å². The van der Waals surface area contributed by atoms with Crippen LogP contribution in [0.25, 0.3) is 11.3 Å². The van der Waals surface area contributed by atoms with E-state index in [1.807, 2.05) is 30.3 Å². The Hall–Kier alpha value is -3.44. The zero-order valence-corrected chi connectivity index (χ0v) is 19.7. The number of nitrogen functional groups attached to an aromatic ring is 1. The average molecular weight is 507 g/mol. The number of hydrogen-bond acceptors (Lipinski definition) is 6. The quantitative estimate of drug-likeness (QED) is 0.479. The molecule has 1 atom stereocenters. The average Bonchev–Trinajstić information content (AvgIpc) is 3.23. The number of rotatable bonds is 5. The molecule has 0 saturated heterocycles. The number of carboxylic acids is 1. The zero-order chi connectivity index (χ0) is 25.6. The van der Waals surface area contributed by atoms with E-state index in [0.717, 1.165) is 36.6 Å². The highest BCUT2D eigenvalue weighted by atomic mass is 32.1. The molecule has 0 bridgehead atoms. The lowest BCUT2D eigenvalue weighted by Gasteiger charge is -2.33. The van der Waals surface area contributed by atoms with Gasteiger partial charge < -0.3 is 16.2 Å². The number of hydrogen-bond donors (Lipinski definition) is 3. The molecule has 2 aromatic carbocycles. The van der Waals surface area contributed by atoms with Crippen molar-refractivity contribution in [3.05, 3.63) is 70.6 Å². The number of nitrogens with zero attached hydrogens (tertiary/aromatic N) is 2. The number of carboxylic acid groups (broad SMARTS) is 1. The molecule has 1 aliphatic heterocycles. The molecule has 1 aromatic heterocycles. The number of benzene rings is 2. The predicted octanol–water partition coefficient (Wildman–Crippen LogP) is 4.20. The molecular formula is C24H25F3N4O3S. The summed E-state index contributed by atoms with van der Waals surface area (Å²) in [5, 5.41) is 10.2. The van der Waals surface area contributed by atoms with Crippen LogP contribution in [-0.4, -0.2) is 51.6 Å². The van der Waals surface area contributed by atoms with Crippen molar-refractivity contribution >= 4 is 29.1 Å². The SMILES string of the molecule is CC(CNC(=O)c1snc(-c2ccccc2)c1N)N1CCc2ccccc2C1.O=C(O)C(F)(F)F. The predicted molar refractivity (Wildman–Crippen MR) is 128 cm³/mol. The van der Waals surface area contributed by atoms with Crippen LogP contribution in [0.2, 0.25) is 0 Å². The first-order chi connectivity index (χ1) is 16.6. The van der Waals surface area contributed by atoms with Gasteiger partial charge in [0, 0.05) is 31.2 Å². The Bertz CT molecular complexity index is 1170. The van der Waals surface area contributed by atoms with Crippen LogP contribution in [0.1, 0.15) is 27.7 Å². The minimum absolute atomic E-state index is 0.151. The van der Waals surface area contributed by atoms with E-state index in [9.17, 15) is 18.0 Å². The van der Waals surface area contributed by atoms with E-state index < -0.39 is 12.1 Å². The lowest BCUT2D eigenvalue weighted by atomic mass is 9.99. The minimum atomic E-state index is -5.08. The van der Waals surface area contributed by atoms with Gasteiger partial charge in [0.25, 0.3) is 5.91 Å². The first-order valence-electron chi connectivity index (χ1n) is 10.8. The monoisotopic (exact) mass is 506 g/mol. The van der Waals surface area contributed by atoms with Crippen LogP contribution in [0.5, 0.6) is 0 Å². The summed E-state index contributed by atoms with van der Waals surface area (Å²) in [6.45, 7) is 4.67. The lowest BCUT2D eigenvalue weighted by Crippen LogP contribution is -2.44. The largest absolute Gasteiger partial charge is 0.490 e. The number of nitrogens with one attached hydrogen (secondary N) is 1. The molecule has 0 radical (unpaired) electrons. The maximum atomic E-state index is 12.7. The van der Waals surface area contributed by atoms with Gasteiger partial charge in [-0.1, -0.05) is 54.6 Å². The summed E-state index contributed by atoms with van der Waals surface area (Å²) in [5.41, 5.74) is 11.1. The molecule has 7 nitrogen and oxygen atoms in total. The molecule has 0 spiro atoms. The normalized spacial score (nSPS) is 14.3. The van der Waals surface area contributed by atoms with Crippen molar-refractivity contribution in [1.29, 1.82) is 0 Å². The number of alkyl halides is 3. The number of halogens is 3. The van der Waals surface area contributed by atoms with Crippen molar-refractivity contribution < 1.29 is 27.9 Å². The van der Waals surface area contributed by atoms with Crippen molar-refractivity contribution in [2.75, 3.05) is 18.8 Å². The third kappa shape index (κ3) is 6.80. The Balaban J connectivity index is 0.000000429. The number of carbonyl (C=O) groups is 2. The van der Waals surface area contributed by atoms with Gasteiger partial charge >= 0.3 is 12.1 Å². The van der Waals surface area contributed by atoms with Crippen molar-refractivity contribution in [3.63, 3.8) is 0 Å². The summed E-state index contributed by atoms with van der Waals surface area (Å²) < 4.78 is 36.1. The van der Waals surface area contributed by atoms with Gasteiger partial charge in [0.15, 0.2) is 0 Å². The van der Waals surface area contributed by atoms with Crippen LogP contribution in [0.15, 0.2) is 54.6 Å². The van der Waals surface area contributed by atoms with Crippen molar-refractivity contribution in [1.82, 2.24) is 14.6 Å². The van der Waals surface area contributed by atoms with E-state index in [1.54, 1.807) is 0 Å². The Morgan fingerprint density at radius 3 is 2.37 bits per heavy atom. The second-order valence-electron chi connectivity index (χ2n) is 7.99. The summed E-state index contributed by atoms with van der Waals surface area (Å²) in [5.74, 6) is -2.91. The third-order valence-electron chi connectivity index (χ3n) is 5.57. The molecule has 1 aliphatic rings. The fourth-order valence-corrected chi connectivity index (χ4v) is 4.35. The van der Waals surface area contributed by atoms with Crippen molar-refractivity contribution in [2.45, 2.75) is 32.1 Å². The highest BCUT2D eigenvalue weighted by Crippen LogP contribution is 2.30. The Labute approximate surface area is 204 Å². The van der Waals surface area contributed by atoms with E-state index in [1.165, 1.54) is 11.1 Å². The summed E-state index contributed by atoms with van der Waals surface area (Å²) >= 11 is 1.16. The molecular weight excluding hydrogens is 481 g/mol. The van der Waals surface area contributed by atoms with Crippen molar-refractivity contribution in [3.8, 4) is 11.3 Å². The molecule has 1 unspecified atom stereocenters. The van der Waals surface area contributed by atoms with Crippen LogP contribution in [0, 0.1) is 0 Å². The molecule has 4 rings (SSSR count). The second kappa shape index (κ2) is 11.3. The standard InChI is InChI=1S/C22H24N4OS.C2HF3O2/c1-15(26-12-11-16-7-5-6-10-18(16)14-26)13-24-22(27)21-19(23)20(25-28-21)17-8-3-2-4-9-17;3-2(4,5)1(6)7/h2-10,15H,11-14,23H2,1H3,(H,24,27);(H,6,7). The van der Waals surface area contributed by atoms with Gasteiger partial charge in [0.05, 0.1) is 5.69 Å². The molecule has 3 aromatic rings. The van der Waals surface area contributed by atoms with Gasteiger partial charge in [-0.15, -0.1) is 0 Å². The molecule has 1 amide bonds. The van der Waals surface area contributed by atoms with E-state index in [2.05, 4.69) is 45.8 Å². The second-order valence-corrected chi connectivity index (χ2v) is 8.76. The van der Waals surface area contributed by atoms with Gasteiger partial charge in [-0.25, -0.2) is 4.79 Å². The topological polar surface area (TPSA) is 109 Å². The van der Waals surface area contributed by atoms with E-state index >= 15 is 0 Å².